The minimum Gasteiger partial charge on any atom is -0.481 e. The summed E-state index contributed by atoms with van der Waals surface area (Å²) >= 11 is 0. The van der Waals surface area contributed by atoms with Crippen LogP contribution >= 0.6 is 0 Å². The lowest BCUT2D eigenvalue weighted by Crippen LogP contribution is -2.50. The Hall–Kier alpha value is -1.17. The summed E-state index contributed by atoms with van der Waals surface area (Å²) in [7, 11) is 1.68. The Kier molecular flexibility index (Phi) is 6.42. The van der Waals surface area contributed by atoms with Crippen LogP contribution in [0.3, 0.4) is 0 Å². The summed E-state index contributed by atoms with van der Waals surface area (Å²) in [6.07, 6.45) is 4.07. The molecule has 1 aliphatic rings. The maximum absolute atomic E-state index is 5.72. The lowest BCUT2D eigenvalue weighted by molar-refractivity contribution is 0.0865. The Morgan fingerprint density at radius 3 is 2.71 bits per heavy atom. The summed E-state index contributed by atoms with van der Waals surface area (Å²) in [5.74, 6) is 0.745. The number of hydrogen-bond acceptors (Lipinski definition) is 5. The number of nitrogens with zero attached hydrogens (tertiary/aromatic N) is 3. The van der Waals surface area contributed by atoms with Gasteiger partial charge in [-0.05, 0) is 25.5 Å². The normalized spacial score (nSPS) is 18.6. The van der Waals surface area contributed by atoms with E-state index in [2.05, 4.69) is 27.8 Å². The topological polar surface area (TPSA) is 54.6 Å². The van der Waals surface area contributed by atoms with E-state index in [1.54, 1.807) is 13.3 Å². The molecule has 118 valence electrons. The summed E-state index contributed by atoms with van der Waals surface area (Å²) in [6, 6.07) is 4.72. The highest BCUT2D eigenvalue weighted by Gasteiger charge is 2.22. The highest BCUT2D eigenvalue weighted by molar-refractivity contribution is 5.25. The third-order valence-corrected chi connectivity index (χ3v) is 4.33. The van der Waals surface area contributed by atoms with Gasteiger partial charge in [0.05, 0.1) is 7.11 Å². The van der Waals surface area contributed by atoms with E-state index < -0.39 is 0 Å². The van der Waals surface area contributed by atoms with E-state index in [4.69, 9.17) is 10.5 Å². The molecule has 1 aromatic heterocycles. The highest BCUT2D eigenvalue weighted by Crippen LogP contribution is 2.18. The van der Waals surface area contributed by atoms with Gasteiger partial charge < -0.3 is 10.5 Å². The Labute approximate surface area is 128 Å². The molecular formula is C16H28N4O. The molecule has 2 N–H and O–H groups in total. The quantitative estimate of drug-likeness (QED) is 0.822. The number of methoxy groups -OCH3 is 1. The Bertz CT molecular complexity index is 418. The number of hydrogen-bond donors (Lipinski definition) is 1. The van der Waals surface area contributed by atoms with Gasteiger partial charge in [0.1, 0.15) is 0 Å². The molecule has 2 heterocycles. The first-order chi connectivity index (χ1) is 10.3. The molecule has 1 aliphatic heterocycles. The van der Waals surface area contributed by atoms with E-state index in [1.165, 1.54) is 12.0 Å². The summed E-state index contributed by atoms with van der Waals surface area (Å²) in [6.45, 7) is 8.40. The molecule has 1 aromatic rings. The number of pyridine rings is 1. The summed E-state index contributed by atoms with van der Waals surface area (Å²) < 4.78 is 5.33. The second kappa shape index (κ2) is 8.32. The van der Waals surface area contributed by atoms with Crippen LogP contribution in [0.25, 0.3) is 0 Å². The second-order valence-corrected chi connectivity index (χ2v) is 5.62. The smallest absolute Gasteiger partial charge is 0.217 e. The van der Waals surface area contributed by atoms with Crippen molar-refractivity contribution in [2.45, 2.75) is 32.4 Å². The summed E-state index contributed by atoms with van der Waals surface area (Å²) in [5, 5.41) is 0. The molecule has 0 radical (unpaired) electrons. The standard InChI is InChI=1S/C16H28N4O/c1-3-15(6-7-17)20-11-9-19(10-12-20)13-14-5-4-8-18-16(14)21-2/h4-5,8,15H,3,6-7,9-13,17H2,1-2H3. The maximum Gasteiger partial charge on any atom is 0.217 e. The van der Waals surface area contributed by atoms with E-state index in [-0.39, 0.29) is 0 Å². The van der Waals surface area contributed by atoms with Crippen molar-refractivity contribution in [1.29, 1.82) is 0 Å². The molecule has 2 rings (SSSR count). The number of piperazine rings is 1. The molecule has 1 fully saturated rings. The molecule has 21 heavy (non-hydrogen) atoms. The average Bonchev–Trinajstić information content (AvgIpc) is 2.54. The fourth-order valence-corrected chi connectivity index (χ4v) is 3.09. The van der Waals surface area contributed by atoms with Crippen LogP contribution in [0.15, 0.2) is 18.3 Å². The Balaban J connectivity index is 1.86. The molecule has 1 unspecified atom stereocenters. The van der Waals surface area contributed by atoms with E-state index in [0.29, 0.717) is 6.04 Å². The molecule has 1 atom stereocenters. The van der Waals surface area contributed by atoms with Gasteiger partial charge in [-0.15, -0.1) is 0 Å². The van der Waals surface area contributed by atoms with Crippen molar-refractivity contribution in [1.82, 2.24) is 14.8 Å². The van der Waals surface area contributed by atoms with Gasteiger partial charge in [-0.3, -0.25) is 9.80 Å². The lowest BCUT2D eigenvalue weighted by Gasteiger charge is -2.39. The van der Waals surface area contributed by atoms with Crippen molar-refractivity contribution >= 4 is 0 Å². The molecular weight excluding hydrogens is 264 g/mol. The van der Waals surface area contributed by atoms with Crippen LogP contribution in [0.2, 0.25) is 0 Å². The maximum atomic E-state index is 5.72. The molecule has 0 saturated carbocycles. The number of ether oxygens (including phenoxy) is 1. The van der Waals surface area contributed by atoms with E-state index in [9.17, 15) is 0 Å². The summed E-state index contributed by atoms with van der Waals surface area (Å²) in [5.41, 5.74) is 6.88. The molecule has 5 heteroatoms. The molecule has 0 aliphatic carbocycles. The van der Waals surface area contributed by atoms with Crippen molar-refractivity contribution in [2.24, 2.45) is 5.73 Å². The van der Waals surface area contributed by atoms with Gasteiger partial charge in [-0.1, -0.05) is 13.0 Å². The van der Waals surface area contributed by atoms with Crippen molar-refractivity contribution < 1.29 is 4.74 Å². The van der Waals surface area contributed by atoms with E-state index >= 15 is 0 Å². The highest BCUT2D eigenvalue weighted by atomic mass is 16.5. The van der Waals surface area contributed by atoms with Gasteiger partial charge in [0.25, 0.3) is 0 Å². The number of rotatable bonds is 7. The summed E-state index contributed by atoms with van der Waals surface area (Å²) in [4.78, 5) is 9.33. The first-order valence-corrected chi connectivity index (χ1v) is 7.92. The van der Waals surface area contributed by atoms with Gasteiger partial charge in [0.15, 0.2) is 0 Å². The molecule has 1 saturated heterocycles. The first kappa shape index (κ1) is 16.2. The monoisotopic (exact) mass is 292 g/mol. The Morgan fingerprint density at radius 1 is 1.33 bits per heavy atom. The zero-order valence-corrected chi connectivity index (χ0v) is 13.3. The van der Waals surface area contributed by atoms with Crippen molar-refractivity contribution in [3.8, 4) is 5.88 Å². The molecule has 0 bridgehead atoms. The van der Waals surface area contributed by atoms with Crippen LogP contribution in [-0.2, 0) is 6.54 Å². The van der Waals surface area contributed by atoms with Crippen molar-refractivity contribution in [3.05, 3.63) is 23.9 Å². The first-order valence-electron chi connectivity index (χ1n) is 7.92. The van der Waals surface area contributed by atoms with Gasteiger partial charge in [0.2, 0.25) is 5.88 Å². The zero-order chi connectivity index (χ0) is 15.1. The second-order valence-electron chi connectivity index (χ2n) is 5.62. The van der Waals surface area contributed by atoms with Gasteiger partial charge in [-0.25, -0.2) is 4.98 Å². The van der Waals surface area contributed by atoms with Crippen LogP contribution in [0.1, 0.15) is 25.3 Å². The number of nitrogens with two attached hydrogens (primary N) is 1. The van der Waals surface area contributed by atoms with Gasteiger partial charge in [0, 0.05) is 50.5 Å². The molecule has 0 aromatic carbocycles. The zero-order valence-electron chi connectivity index (χ0n) is 13.3. The minimum atomic E-state index is 0.644. The lowest BCUT2D eigenvalue weighted by atomic mass is 10.1. The predicted molar refractivity (Wildman–Crippen MR) is 85.4 cm³/mol. The van der Waals surface area contributed by atoms with Crippen LogP contribution in [0, 0.1) is 0 Å². The third kappa shape index (κ3) is 4.40. The van der Waals surface area contributed by atoms with Crippen LogP contribution in [0.4, 0.5) is 0 Å². The Morgan fingerprint density at radius 2 is 2.10 bits per heavy atom. The third-order valence-electron chi connectivity index (χ3n) is 4.33. The van der Waals surface area contributed by atoms with Gasteiger partial charge in [-0.2, -0.15) is 0 Å². The minimum absolute atomic E-state index is 0.644. The fourth-order valence-electron chi connectivity index (χ4n) is 3.09. The van der Waals surface area contributed by atoms with E-state index in [1.807, 2.05) is 6.07 Å². The SMILES string of the molecule is CCC(CCN)N1CCN(Cc2cccnc2OC)CC1. The van der Waals surface area contributed by atoms with Crippen molar-refractivity contribution in [2.75, 3.05) is 39.8 Å². The van der Waals surface area contributed by atoms with Crippen molar-refractivity contribution in [3.63, 3.8) is 0 Å². The number of aromatic nitrogens is 1. The molecule has 5 nitrogen and oxygen atoms in total. The average molecular weight is 292 g/mol. The predicted octanol–water partition coefficient (Wildman–Crippen LogP) is 1.34. The van der Waals surface area contributed by atoms with Crippen LogP contribution in [-0.4, -0.2) is 60.7 Å². The fraction of sp³-hybridized carbons (Fsp3) is 0.688. The van der Waals surface area contributed by atoms with Crippen LogP contribution < -0.4 is 10.5 Å². The molecule has 0 spiro atoms. The van der Waals surface area contributed by atoms with Crippen LogP contribution in [0.5, 0.6) is 5.88 Å². The van der Waals surface area contributed by atoms with E-state index in [0.717, 1.165) is 51.6 Å². The molecule has 0 amide bonds. The van der Waals surface area contributed by atoms with Gasteiger partial charge >= 0.3 is 0 Å². The largest absolute Gasteiger partial charge is 0.481 e.